The van der Waals surface area contributed by atoms with Gasteiger partial charge in [-0.2, -0.15) is 5.10 Å². The van der Waals surface area contributed by atoms with E-state index in [1.165, 1.54) is 6.07 Å². The fourth-order valence-corrected chi connectivity index (χ4v) is 6.10. The van der Waals surface area contributed by atoms with Gasteiger partial charge in [-0.25, -0.2) is 0 Å². The summed E-state index contributed by atoms with van der Waals surface area (Å²) < 4.78 is 1.65. The number of hydrogen-bond donors (Lipinski definition) is 4. The van der Waals surface area contributed by atoms with Crippen molar-refractivity contribution >= 4 is 23.2 Å². The van der Waals surface area contributed by atoms with Crippen LogP contribution in [0.25, 0.3) is 16.9 Å². The maximum Gasteiger partial charge on any atom is 0.255 e. The second kappa shape index (κ2) is 7.81. The third kappa shape index (κ3) is 3.20. The Morgan fingerprint density at radius 3 is 2.49 bits per heavy atom. The van der Waals surface area contributed by atoms with Crippen LogP contribution in [0.3, 0.4) is 0 Å². The average molecular weight is 479 g/mol. The Hall–Kier alpha value is -3.92. The monoisotopic (exact) mass is 478 g/mol. The summed E-state index contributed by atoms with van der Waals surface area (Å²) in [4.78, 5) is 40.6. The number of likely N-dealkylation sites (N-methyl/N-ethyl adjacent to an activating group) is 1. The van der Waals surface area contributed by atoms with E-state index in [9.17, 15) is 29.7 Å². The molecular formula is C25H26N4O6. The van der Waals surface area contributed by atoms with Crippen LogP contribution in [0, 0.1) is 17.8 Å². The molecule has 4 atom stereocenters. The van der Waals surface area contributed by atoms with Crippen molar-refractivity contribution in [3.8, 4) is 16.9 Å². The topological polar surface area (TPSA) is 159 Å². The van der Waals surface area contributed by atoms with E-state index in [1.807, 2.05) is 6.20 Å². The van der Waals surface area contributed by atoms with Crippen molar-refractivity contribution in [1.29, 1.82) is 0 Å². The highest BCUT2D eigenvalue weighted by Gasteiger charge is 2.55. The number of carbonyl (C=O) groups excluding carboxylic acids is 3. The molecule has 0 radical (unpaired) electrons. The highest BCUT2D eigenvalue weighted by Crippen LogP contribution is 2.51. The molecule has 1 amide bonds. The van der Waals surface area contributed by atoms with Gasteiger partial charge in [0.1, 0.15) is 22.8 Å². The van der Waals surface area contributed by atoms with Gasteiger partial charge in [0.15, 0.2) is 11.6 Å². The van der Waals surface area contributed by atoms with Gasteiger partial charge in [-0.15, -0.1) is 0 Å². The molecule has 1 aromatic carbocycles. The van der Waals surface area contributed by atoms with Gasteiger partial charge in [-0.05, 0) is 56.0 Å². The Balaban J connectivity index is 1.68. The summed E-state index contributed by atoms with van der Waals surface area (Å²) in [5.74, 6) is -5.84. The first kappa shape index (κ1) is 22.9. The van der Waals surface area contributed by atoms with Crippen molar-refractivity contribution in [2.24, 2.45) is 30.5 Å². The molecule has 1 fully saturated rings. The Labute approximate surface area is 201 Å². The molecule has 0 bridgehead atoms. The zero-order chi connectivity index (χ0) is 25.3. The molecule has 1 saturated carbocycles. The quantitative estimate of drug-likeness (QED) is 0.379. The molecule has 2 aromatic rings. The van der Waals surface area contributed by atoms with Crippen molar-refractivity contribution < 1.29 is 29.7 Å². The van der Waals surface area contributed by atoms with Crippen LogP contribution in [0.2, 0.25) is 0 Å². The lowest BCUT2D eigenvalue weighted by molar-refractivity contribution is -0.136. The summed E-state index contributed by atoms with van der Waals surface area (Å²) in [6.45, 7) is 0. The van der Waals surface area contributed by atoms with Crippen LogP contribution in [0.15, 0.2) is 41.4 Å². The van der Waals surface area contributed by atoms with Crippen LogP contribution >= 0.6 is 0 Å². The zero-order valence-corrected chi connectivity index (χ0v) is 19.5. The molecule has 5 rings (SSSR count). The summed E-state index contributed by atoms with van der Waals surface area (Å²) in [5, 5.41) is 36.9. The minimum Gasteiger partial charge on any atom is -0.510 e. The molecular weight excluding hydrogens is 452 g/mol. The second-order valence-corrected chi connectivity index (χ2v) is 9.69. The van der Waals surface area contributed by atoms with Gasteiger partial charge in [-0.1, -0.05) is 6.07 Å². The summed E-state index contributed by atoms with van der Waals surface area (Å²) in [6, 6.07) is 2.43. The number of aliphatic hydroxyl groups excluding tert-OH is 2. The fraction of sp³-hybridized carbons (Fsp3) is 0.360. The first-order chi connectivity index (χ1) is 16.5. The van der Waals surface area contributed by atoms with E-state index >= 15 is 0 Å². The predicted molar refractivity (Wildman–Crippen MR) is 125 cm³/mol. The van der Waals surface area contributed by atoms with Crippen molar-refractivity contribution in [3.05, 3.63) is 52.6 Å². The van der Waals surface area contributed by atoms with E-state index in [0.29, 0.717) is 18.4 Å². The summed E-state index contributed by atoms with van der Waals surface area (Å²) in [6.07, 6.45) is 4.15. The zero-order valence-electron chi connectivity index (χ0n) is 19.5. The molecule has 3 unspecified atom stereocenters. The fourth-order valence-electron chi connectivity index (χ4n) is 6.10. The van der Waals surface area contributed by atoms with Crippen molar-refractivity contribution in [1.82, 2.24) is 14.7 Å². The highest BCUT2D eigenvalue weighted by molar-refractivity contribution is 6.28. The van der Waals surface area contributed by atoms with Crippen LogP contribution in [0.1, 0.15) is 17.5 Å². The van der Waals surface area contributed by atoms with Crippen LogP contribution in [-0.4, -0.2) is 67.6 Å². The standard InChI is InChI=1S/C25H26N4O6/c1-28(2)20-14-7-10-6-13-12(11-8-27-29(3)9-11)4-5-15(30)17(13)21(31)16(10)22(32)18(14)23(33)19(24(20)34)25(26)35/h4-5,8-10,14,18,20,30-31,34H,6-7H2,1-3H3,(H2,26,35)/t10?,14?,18?,20-/m0/s1. The van der Waals surface area contributed by atoms with Crippen LogP contribution in [-0.2, 0) is 27.9 Å². The largest absolute Gasteiger partial charge is 0.510 e. The van der Waals surface area contributed by atoms with E-state index in [1.54, 1.807) is 43.0 Å². The van der Waals surface area contributed by atoms with Crippen molar-refractivity contribution in [2.75, 3.05) is 14.1 Å². The van der Waals surface area contributed by atoms with Gasteiger partial charge in [0.05, 0.1) is 23.7 Å². The third-order valence-corrected chi connectivity index (χ3v) is 7.46. The Bertz CT molecular complexity index is 1370. The molecule has 182 valence electrons. The molecule has 3 aliphatic carbocycles. The number of fused-ring (bicyclic) bond motifs is 3. The van der Waals surface area contributed by atoms with Gasteiger partial charge in [0.25, 0.3) is 5.91 Å². The molecule has 10 heteroatoms. The number of nitrogens with two attached hydrogens (primary N) is 1. The molecule has 3 aliphatic rings. The van der Waals surface area contributed by atoms with E-state index < -0.39 is 52.6 Å². The molecule has 5 N–H and O–H groups in total. The van der Waals surface area contributed by atoms with E-state index in [2.05, 4.69) is 5.10 Å². The number of rotatable bonds is 3. The van der Waals surface area contributed by atoms with Gasteiger partial charge in [0, 0.05) is 24.4 Å². The number of phenols is 1. The lowest BCUT2D eigenvalue weighted by Crippen LogP contribution is -2.55. The number of primary amides is 1. The lowest BCUT2D eigenvalue weighted by Gasteiger charge is -2.46. The molecule has 10 nitrogen and oxygen atoms in total. The second-order valence-electron chi connectivity index (χ2n) is 9.69. The average Bonchev–Trinajstić information content (AvgIpc) is 3.18. The first-order valence-electron chi connectivity index (χ1n) is 11.3. The van der Waals surface area contributed by atoms with E-state index in [-0.39, 0.29) is 22.6 Å². The van der Waals surface area contributed by atoms with E-state index in [4.69, 9.17) is 5.73 Å². The molecule has 1 heterocycles. The number of carbonyl (C=O) groups is 3. The predicted octanol–water partition coefficient (Wildman–Crippen LogP) is 1.25. The lowest BCUT2D eigenvalue weighted by atomic mass is 9.59. The first-order valence-corrected chi connectivity index (χ1v) is 11.3. The maximum atomic E-state index is 13.7. The molecule has 1 aromatic heterocycles. The normalized spacial score (nSPS) is 26.1. The third-order valence-electron chi connectivity index (χ3n) is 7.46. The Morgan fingerprint density at radius 1 is 1.17 bits per heavy atom. The number of aromatic hydroxyl groups is 1. The smallest absolute Gasteiger partial charge is 0.255 e. The van der Waals surface area contributed by atoms with Crippen molar-refractivity contribution in [2.45, 2.75) is 18.9 Å². The number of phenolic OH excluding ortho intramolecular Hbond substituents is 1. The molecule has 0 saturated heterocycles. The van der Waals surface area contributed by atoms with Gasteiger partial charge in [-0.3, -0.25) is 24.0 Å². The Kier molecular flexibility index (Phi) is 5.10. The van der Waals surface area contributed by atoms with Gasteiger partial charge in [0.2, 0.25) is 0 Å². The minimum atomic E-state index is -1.26. The van der Waals surface area contributed by atoms with Crippen LogP contribution in [0.4, 0.5) is 0 Å². The van der Waals surface area contributed by atoms with Crippen LogP contribution < -0.4 is 5.73 Å². The number of aliphatic hydroxyl groups is 2. The number of benzene rings is 1. The van der Waals surface area contributed by atoms with Gasteiger partial charge >= 0.3 is 0 Å². The Morgan fingerprint density at radius 2 is 1.89 bits per heavy atom. The number of aromatic nitrogens is 2. The molecule has 0 aliphatic heterocycles. The minimum absolute atomic E-state index is 0.0634. The number of allylic oxidation sites excluding steroid dienone is 1. The van der Waals surface area contributed by atoms with Gasteiger partial charge < -0.3 is 21.1 Å². The number of amides is 1. The van der Waals surface area contributed by atoms with Crippen LogP contribution in [0.5, 0.6) is 5.75 Å². The number of Topliss-reactive ketones (excluding diaryl/α,β-unsaturated/α-hetero) is 2. The molecule has 0 spiro atoms. The number of hydrogen-bond acceptors (Lipinski definition) is 8. The number of ketones is 2. The summed E-state index contributed by atoms with van der Waals surface area (Å²) in [7, 11) is 5.16. The number of aryl methyl sites for hydroxylation is 1. The summed E-state index contributed by atoms with van der Waals surface area (Å²) >= 11 is 0. The summed E-state index contributed by atoms with van der Waals surface area (Å²) in [5.41, 5.74) is 7.28. The maximum absolute atomic E-state index is 13.7. The molecule has 35 heavy (non-hydrogen) atoms. The SMILES string of the molecule is CN(C)[C@@H]1C(O)=C(C(N)=O)C(=O)C2C(=O)C3=C(O)c4c(O)ccc(-c5cnn(C)c5)c4CC3CC21. The highest BCUT2D eigenvalue weighted by atomic mass is 16.3. The van der Waals surface area contributed by atoms with E-state index in [0.717, 1.165) is 11.1 Å². The van der Waals surface area contributed by atoms with Crippen molar-refractivity contribution in [3.63, 3.8) is 0 Å². The number of nitrogens with zero attached hydrogens (tertiary/aromatic N) is 3.